The van der Waals surface area contributed by atoms with Gasteiger partial charge in [-0.25, -0.2) is 4.39 Å². The third kappa shape index (κ3) is 3.33. The van der Waals surface area contributed by atoms with E-state index in [1.54, 1.807) is 12.1 Å². The molecule has 1 aliphatic rings. The Hall–Kier alpha value is -0.860. The predicted octanol–water partition coefficient (Wildman–Crippen LogP) is 4.44. The molecule has 0 unspecified atom stereocenters. The minimum atomic E-state index is -0.406. The summed E-state index contributed by atoms with van der Waals surface area (Å²) in [4.78, 5) is 0. The Bertz CT molecular complexity index is 436. The van der Waals surface area contributed by atoms with Gasteiger partial charge in [-0.05, 0) is 42.0 Å². The summed E-state index contributed by atoms with van der Waals surface area (Å²) >= 11 is 5.76. The molecular weight excluding hydrogens is 251 g/mol. The lowest BCUT2D eigenvalue weighted by Crippen LogP contribution is -2.11. The summed E-state index contributed by atoms with van der Waals surface area (Å²) in [6.45, 7) is 0.0691. The van der Waals surface area contributed by atoms with Gasteiger partial charge in [0.25, 0.3) is 0 Å². The monoisotopic (exact) mass is 268 g/mol. The molecule has 1 nitrogen and oxygen atoms in total. The maximum Gasteiger partial charge on any atom is 0.141 e. The van der Waals surface area contributed by atoms with Crippen molar-refractivity contribution in [3.63, 3.8) is 0 Å². The minimum absolute atomic E-state index is 0.0691. The van der Waals surface area contributed by atoms with Crippen molar-refractivity contribution >= 4 is 17.7 Å². The molecule has 0 saturated heterocycles. The molecule has 1 aliphatic carbocycles. The lowest BCUT2D eigenvalue weighted by atomic mass is 9.83. The van der Waals surface area contributed by atoms with Crippen molar-refractivity contribution in [2.24, 2.45) is 5.92 Å². The number of hydrogen-bond donors (Lipinski definition) is 1. The topological polar surface area (TPSA) is 20.2 Å². The quantitative estimate of drug-likeness (QED) is 0.860. The van der Waals surface area contributed by atoms with Crippen LogP contribution in [0.4, 0.5) is 4.39 Å². The molecule has 98 valence electrons. The molecule has 1 fully saturated rings. The van der Waals surface area contributed by atoms with E-state index >= 15 is 0 Å². The summed E-state index contributed by atoms with van der Waals surface area (Å²) in [5.74, 6) is 0.0598. The van der Waals surface area contributed by atoms with E-state index in [4.69, 9.17) is 11.6 Å². The van der Waals surface area contributed by atoms with Crippen molar-refractivity contribution in [3.05, 3.63) is 40.2 Å². The summed E-state index contributed by atoms with van der Waals surface area (Å²) < 4.78 is 13.1. The van der Waals surface area contributed by atoms with E-state index in [1.807, 2.05) is 6.08 Å². The summed E-state index contributed by atoms with van der Waals surface area (Å²) in [6, 6.07) is 4.67. The number of aliphatic hydroxyl groups excluding tert-OH is 1. The van der Waals surface area contributed by atoms with Crippen LogP contribution in [0.1, 0.15) is 37.7 Å². The van der Waals surface area contributed by atoms with Crippen LogP contribution in [-0.4, -0.2) is 11.7 Å². The molecule has 0 atom stereocenters. The van der Waals surface area contributed by atoms with Crippen LogP contribution in [0.2, 0.25) is 5.02 Å². The van der Waals surface area contributed by atoms with Gasteiger partial charge in [-0.3, -0.25) is 0 Å². The molecular formula is C15H18ClFO. The van der Waals surface area contributed by atoms with Crippen LogP contribution >= 0.6 is 11.6 Å². The van der Waals surface area contributed by atoms with Crippen LogP contribution < -0.4 is 0 Å². The lowest BCUT2D eigenvalue weighted by Gasteiger charge is -2.23. The average Bonchev–Trinajstić information content (AvgIpc) is 2.41. The van der Waals surface area contributed by atoms with Crippen molar-refractivity contribution in [2.75, 3.05) is 6.61 Å². The van der Waals surface area contributed by atoms with Crippen LogP contribution in [0.25, 0.3) is 6.08 Å². The molecule has 0 aromatic heterocycles. The Kier molecular flexibility index (Phi) is 4.79. The highest BCUT2D eigenvalue weighted by Crippen LogP contribution is 2.31. The molecule has 1 saturated carbocycles. The minimum Gasteiger partial charge on any atom is -0.392 e. The van der Waals surface area contributed by atoms with Crippen LogP contribution in [0.15, 0.2) is 23.8 Å². The molecule has 0 aliphatic heterocycles. The van der Waals surface area contributed by atoms with Crippen LogP contribution in [0.5, 0.6) is 0 Å². The van der Waals surface area contributed by atoms with Gasteiger partial charge in [0, 0.05) is 0 Å². The van der Waals surface area contributed by atoms with Crippen molar-refractivity contribution in [3.8, 4) is 0 Å². The second-order valence-electron chi connectivity index (χ2n) is 4.89. The Balaban J connectivity index is 2.19. The second kappa shape index (κ2) is 6.35. The van der Waals surface area contributed by atoms with E-state index in [1.165, 1.54) is 25.3 Å². The molecule has 3 heteroatoms. The molecule has 1 aromatic rings. The van der Waals surface area contributed by atoms with Gasteiger partial charge < -0.3 is 5.11 Å². The molecule has 2 rings (SSSR count). The standard InChI is InChI=1S/C15H18ClFO/c16-14-9-11(6-7-15(14)17)8-13(10-18)12-4-2-1-3-5-12/h6-9,12,18H,1-5,10H2/b13-8-. The van der Waals surface area contributed by atoms with E-state index in [0.29, 0.717) is 5.92 Å². The summed E-state index contributed by atoms with van der Waals surface area (Å²) in [5.41, 5.74) is 1.90. The highest BCUT2D eigenvalue weighted by atomic mass is 35.5. The lowest BCUT2D eigenvalue weighted by molar-refractivity contribution is 0.295. The van der Waals surface area contributed by atoms with Gasteiger partial charge in [0.2, 0.25) is 0 Å². The Morgan fingerprint density at radius 2 is 2.06 bits per heavy atom. The normalized spacial score (nSPS) is 18.1. The van der Waals surface area contributed by atoms with Gasteiger partial charge in [0.05, 0.1) is 11.6 Å². The second-order valence-corrected chi connectivity index (χ2v) is 5.29. The zero-order chi connectivity index (χ0) is 13.0. The van der Waals surface area contributed by atoms with Gasteiger partial charge in [0.15, 0.2) is 0 Å². The molecule has 1 aromatic carbocycles. The van der Waals surface area contributed by atoms with Gasteiger partial charge in [-0.1, -0.05) is 43.0 Å². The molecule has 18 heavy (non-hydrogen) atoms. The first-order valence-corrected chi connectivity index (χ1v) is 6.85. The first-order chi connectivity index (χ1) is 8.70. The number of halogens is 2. The number of aliphatic hydroxyl groups is 1. The van der Waals surface area contributed by atoms with Gasteiger partial charge in [-0.15, -0.1) is 0 Å². The Labute approximate surface area is 112 Å². The van der Waals surface area contributed by atoms with Crippen molar-refractivity contribution in [1.82, 2.24) is 0 Å². The third-order valence-corrected chi connectivity index (χ3v) is 3.90. The molecule has 1 N–H and O–H groups in total. The SMILES string of the molecule is OC/C(=C/c1ccc(F)c(Cl)c1)C1CCCCC1. The van der Waals surface area contributed by atoms with Gasteiger partial charge in [-0.2, -0.15) is 0 Å². The first kappa shape index (κ1) is 13.6. The summed E-state index contributed by atoms with van der Waals surface area (Å²) in [6.07, 6.45) is 7.97. The Morgan fingerprint density at radius 3 is 2.67 bits per heavy atom. The fourth-order valence-corrected chi connectivity index (χ4v) is 2.77. The van der Waals surface area contributed by atoms with E-state index in [-0.39, 0.29) is 11.6 Å². The predicted molar refractivity (Wildman–Crippen MR) is 73.0 cm³/mol. The fraction of sp³-hybridized carbons (Fsp3) is 0.467. The van der Waals surface area contributed by atoms with Crippen LogP contribution in [0, 0.1) is 11.7 Å². The maximum absolute atomic E-state index is 13.1. The van der Waals surface area contributed by atoms with E-state index in [9.17, 15) is 9.50 Å². The summed E-state index contributed by atoms with van der Waals surface area (Å²) in [7, 11) is 0. The van der Waals surface area contributed by atoms with E-state index in [2.05, 4.69) is 0 Å². The third-order valence-electron chi connectivity index (χ3n) is 3.61. The largest absolute Gasteiger partial charge is 0.392 e. The van der Waals surface area contributed by atoms with E-state index in [0.717, 1.165) is 24.0 Å². The van der Waals surface area contributed by atoms with E-state index < -0.39 is 5.82 Å². The van der Waals surface area contributed by atoms with Crippen molar-refractivity contribution in [1.29, 1.82) is 0 Å². The molecule has 0 bridgehead atoms. The zero-order valence-corrected chi connectivity index (χ0v) is 11.1. The Morgan fingerprint density at radius 1 is 1.33 bits per heavy atom. The van der Waals surface area contributed by atoms with Gasteiger partial charge >= 0.3 is 0 Å². The van der Waals surface area contributed by atoms with Gasteiger partial charge in [0.1, 0.15) is 5.82 Å². The number of hydrogen-bond acceptors (Lipinski definition) is 1. The van der Waals surface area contributed by atoms with Crippen LogP contribution in [-0.2, 0) is 0 Å². The van der Waals surface area contributed by atoms with Crippen molar-refractivity contribution < 1.29 is 9.50 Å². The molecule has 0 amide bonds. The zero-order valence-electron chi connectivity index (χ0n) is 10.3. The molecule has 0 spiro atoms. The number of rotatable bonds is 3. The highest BCUT2D eigenvalue weighted by Gasteiger charge is 2.17. The summed E-state index contributed by atoms with van der Waals surface area (Å²) in [5, 5.41) is 9.62. The highest BCUT2D eigenvalue weighted by molar-refractivity contribution is 6.30. The average molecular weight is 269 g/mol. The van der Waals surface area contributed by atoms with Crippen molar-refractivity contribution in [2.45, 2.75) is 32.1 Å². The first-order valence-electron chi connectivity index (χ1n) is 6.47. The smallest absolute Gasteiger partial charge is 0.141 e. The van der Waals surface area contributed by atoms with Crippen LogP contribution in [0.3, 0.4) is 0 Å². The molecule has 0 heterocycles. The number of benzene rings is 1. The molecule has 0 radical (unpaired) electrons. The fourth-order valence-electron chi connectivity index (χ4n) is 2.58. The maximum atomic E-state index is 13.1.